The molecule has 2 aromatic heterocycles. The average molecular weight is 405 g/mol. The van der Waals surface area contributed by atoms with Gasteiger partial charge in [-0.25, -0.2) is 0 Å². The molecular formula is C23H24N4OS. The highest BCUT2D eigenvalue weighted by atomic mass is 32.1. The Kier molecular flexibility index (Phi) is 6.32. The average Bonchev–Trinajstić information content (AvgIpc) is 3.13. The molecular weight excluding hydrogens is 380 g/mol. The first-order chi connectivity index (χ1) is 14.3. The largest absolute Gasteiger partial charge is 0.355 e. The zero-order valence-electron chi connectivity index (χ0n) is 16.3. The van der Waals surface area contributed by atoms with Crippen LogP contribution in [0.5, 0.6) is 0 Å². The third kappa shape index (κ3) is 5.29. The molecule has 29 heavy (non-hydrogen) atoms. The maximum atomic E-state index is 12.1. The summed E-state index contributed by atoms with van der Waals surface area (Å²) >= 11 is 1.60. The summed E-state index contributed by atoms with van der Waals surface area (Å²) in [6.45, 7) is 2.12. The smallest absolute Gasteiger partial charge is 0.248 e. The second-order valence-corrected chi connectivity index (χ2v) is 8.07. The summed E-state index contributed by atoms with van der Waals surface area (Å²) in [5, 5.41) is 13.7. The summed E-state index contributed by atoms with van der Waals surface area (Å²) < 4.78 is 0. The lowest BCUT2D eigenvalue weighted by Crippen LogP contribution is -2.25. The van der Waals surface area contributed by atoms with Gasteiger partial charge in [0.15, 0.2) is 5.82 Å². The molecule has 3 heterocycles. The summed E-state index contributed by atoms with van der Waals surface area (Å²) in [5.41, 5.74) is 2.56. The molecule has 1 aromatic carbocycles. The van der Waals surface area contributed by atoms with Gasteiger partial charge in [-0.05, 0) is 54.6 Å². The van der Waals surface area contributed by atoms with Gasteiger partial charge in [0.25, 0.3) is 0 Å². The van der Waals surface area contributed by atoms with Crippen LogP contribution >= 0.6 is 11.3 Å². The van der Waals surface area contributed by atoms with Crippen LogP contribution in [0.3, 0.4) is 0 Å². The molecule has 0 bridgehead atoms. The number of benzene rings is 1. The predicted molar refractivity (Wildman–Crippen MR) is 120 cm³/mol. The molecule has 0 aliphatic carbocycles. The van der Waals surface area contributed by atoms with Gasteiger partial charge in [-0.2, -0.15) is 0 Å². The van der Waals surface area contributed by atoms with Gasteiger partial charge < -0.3 is 10.2 Å². The topological polar surface area (TPSA) is 58.1 Å². The normalized spacial score (nSPS) is 14.7. The van der Waals surface area contributed by atoms with Gasteiger partial charge in [-0.15, -0.1) is 21.5 Å². The van der Waals surface area contributed by atoms with E-state index in [1.54, 1.807) is 17.4 Å². The number of anilines is 2. The third-order valence-corrected chi connectivity index (χ3v) is 5.81. The maximum Gasteiger partial charge on any atom is 0.248 e. The van der Waals surface area contributed by atoms with Crippen molar-refractivity contribution in [2.24, 2.45) is 0 Å². The first kappa shape index (κ1) is 19.3. The van der Waals surface area contributed by atoms with Crippen molar-refractivity contribution >= 4 is 34.8 Å². The molecule has 1 saturated heterocycles. The van der Waals surface area contributed by atoms with Gasteiger partial charge in [0.05, 0.1) is 5.69 Å². The molecule has 4 rings (SSSR count). The Hall–Kier alpha value is -2.99. The fourth-order valence-electron chi connectivity index (χ4n) is 3.40. The van der Waals surface area contributed by atoms with Crippen LogP contribution in [-0.4, -0.2) is 29.2 Å². The van der Waals surface area contributed by atoms with Crippen molar-refractivity contribution in [3.8, 4) is 11.3 Å². The zero-order chi connectivity index (χ0) is 19.9. The first-order valence-corrected chi connectivity index (χ1v) is 10.9. The number of thiophene rings is 1. The van der Waals surface area contributed by atoms with Gasteiger partial charge in [0.1, 0.15) is 0 Å². The van der Waals surface area contributed by atoms with E-state index in [1.807, 2.05) is 53.9 Å². The molecule has 3 aromatic rings. The third-order valence-electron chi connectivity index (χ3n) is 4.97. The van der Waals surface area contributed by atoms with Crippen LogP contribution in [0.1, 0.15) is 30.6 Å². The fourth-order valence-corrected chi connectivity index (χ4v) is 4.02. The maximum absolute atomic E-state index is 12.1. The Morgan fingerprint density at radius 2 is 1.76 bits per heavy atom. The lowest BCUT2D eigenvalue weighted by atomic mass is 10.1. The lowest BCUT2D eigenvalue weighted by Gasteiger charge is -2.20. The number of aromatic nitrogens is 2. The first-order valence-electron chi connectivity index (χ1n) is 10.00. The molecule has 148 valence electrons. The number of carbonyl (C=O) groups is 1. The fraction of sp³-hybridized carbons (Fsp3) is 0.261. The van der Waals surface area contributed by atoms with Gasteiger partial charge in [-0.1, -0.05) is 31.0 Å². The predicted octanol–water partition coefficient (Wildman–Crippen LogP) is 5.24. The van der Waals surface area contributed by atoms with E-state index in [1.165, 1.54) is 25.7 Å². The van der Waals surface area contributed by atoms with E-state index < -0.39 is 0 Å². The Morgan fingerprint density at radius 1 is 0.966 bits per heavy atom. The van der Waals surface area contributed by atoms with E-state index in [0.717, 1.165) is 40.7 Å². The number of nitrogens with one attached hydrogen (secondary N) is 1. The molecule has 1 fully saturated rings. The molecule has 1 amide bonds. The molecule has 1 aliphatic heterocycles. The van der Waals surface area contributed by atoms with E-state index in [0.29, 0.717) is 0 Å². The van der Waals surface area contributed by atoms with Crippen molar-refractivity contribution in [1.82, 2.24) is 10.2 Å². The van der Waals surface area contributed by atoms with Gasteiger partial charge in [0.2, 0.25) is 5.91 Å². The minimum Gasteiger partial charge on any atom is -0.355 e. The van der Waals surface area contributed by atoms with Crippen molar-refractivity contribution in [2.75, 3.05) is 23.3 Å². The Bertz CT molecular complexity index is 942. The lowest BCUT2D eigenvalue weighted by molar-refractivity contribution is -0.111. The summed E-state index contributed by atoms with van der Waals surface area (Å²) in [6, 6.07) is 15.7. The van der Waals surface area contributed by atoms with Crippen LogP contribution in [0.25, 0.3) is 17.3 Å². The number of amides is 1. The van der Waals surface area contributed by atoms with Gasteiger partial charge in [-0.3, -0.25) is 4.79 Å². The molecule has 1 N–H and O–H groups in total. The van der Waals surface area contributed by atoms with E-state index in [-0.39, 0.29) is 5.91 Å². The highest BCUT2D eigenvalue weighted by molar-refractivity contribution is 7.10. The van der Waals surface area contributed by atoms with Crippen LogP contribution < -0.4 is 10.2 Å². The Labute approximate surface area is 175 Å². The molecule has 0 unspecified atom stereocenters. The van der Waals surface area contributed by atoms with E-state index in [2.05, 4.69) is 26.5 Å². The highest BCUT2D eigenvalue weighted by Gasteiger charge is 2.12. The van der Waals surface area contributed by atoms with E-state index in [9.17, 15) is 4.79 Å². The van der Waals surface area contributed by atoms with Crippen LogP contribution in [-0.2, 0) is 4.79 Å². The standard InChI is InChI=1S/C23H24N4OS/c28-23(14-11-20-6-5-17-29-20)24-19-9-7-18(8-10-19)21-12-13-22(26-25-21)27-15-3-1-2-4-16-27/h5-14,17H,1-4,15-16H2,(H,24,28)/b14-11+. The SMILES string of the molecule is O=C(/C=C/c1cccs1)Nc1ccc(-c2ccc(N3CCCCCC3)nn2)cc1. The van der Waals surface area contributed by atoms with Crippen molar-refractivity contribution in [2.45, 2.75) is 25.7 Å². The molecule has 0 spiro atoms. The molecule has 5 nitrogen and oxygen atoms in total. The summed E-state index contributed by atoms with van der Waals surface area (Å²) in [5.74, 6) is 0.810. The molecule has 6 heteroatoms. The van der Waals surface area contributed by atoms with E-state index >= 15 is 0 Å². The van der Waals surface area contributed by atoms with Crippen LogP contribution in [0.15, 0.2) is 60.0 Å². The highest BCUT2D eigenvalue weighted by Crippen LogP contribution is 2.22. The summed E-state index contributed by atoms with van der Waals surface area (Å²) in [6.07, 6.45) is 8.41. The molecule has 0 atom stereocenters. The minimum atomic E-state index is -0.146. The van der Waals surface area contributed by atoms with Crippen LogP contribution in [0.4, 0.5) is 11.5 Å². The van der Waals surface area contributed by atoms with Crippen molar-refractivity contribution in [3.63, 3.8) is 0 Å². The minimum absolute atomic E-state index is 0.146. The zero-order valence-corrected chi connectivity index (χ0v) is 17.1. The second kappa shape index (κ2) is 9.47. The molecule has 0 radical (unpaired) electrons. The second-order valence-electron chi connectivity index (χ2n) is 7.09. The Balaban J connectivity index is 1.37. The monoisotopic (exact) mass is 404 g/mol. The summed E-state index contributed by atoms with van der Waals surface area (Å²) in [4.78, 5) is 15.4. The number of hydrogen-bond acceptors (Lipinski definition) is 5. The Morgan fingerprint density at radius 3 is 2.41 bits per heavy atom. The molecule has 1 aliphatic rings. The van der Waals surface area contributed by atoms with Crippen LogP contribution in [0.2, 0.25) is 0 Å². The number of rotatable bonds is 5. The van der Waals surface area contributed by atoms with Gasteiger partial charge >= 0.3 is 0 Å². The van der Waals surface area contributed by atoms with Gasteiger partial charge in [0, 0.05) is 35.3 Å². The number of nitrogens with zero attached hydrogens (tertiary/aromatic N) is 3. The quantitative estimate of drug-likeness (QED) is 0.591. The molecule has 0 saturated carbocycles. The van der Waals surface area contributed by atoms with E-state index in [4.69, 9.17) is 0 Å². The van der Waals surface area contributed by atoms with Crippen molar-refractivity contribution in [3.05, 3.63) is 64.9 Å². The number of carbonyl (C=O) groups excluding carboxylic acids is 1. The summed E-state index contributed by atoms with van der Waals surface area (Å²) in [7, 11) is 0. The van der Waals surface area contributed by atoms with Crippen molar-refractivity contribution < 1.29 is 4.79 Å². The van der Waals surface area contributed by atoms with Crippen LogP contribution in [0, 0.1) is 0 Å². The number of hydrogen-bond donors (Lipinski definition) is 1. The van der Waals surface area contributed by atoms with Crippen molar-refractivity contribution in [1.29, 1.82) is 0 Å².